The second kappa shape index (κ2) is 4.16. The lowest BCUT2D eigenvalue weighted by atomic mass is 10.1. The van der Waals surface area contributed by atoms with E-state index in [-0.39, 0.29) is 22.3 Å². The highest BCUT2D eigenvalue weighted by Gasteiger charge is 2.15. The van der Waals surface area contributed by atoms with Gasteiger partial charge in [-0.3, -0.25) is 4.79 Å². The standard InChI is InChI=1S/C15H13NO4/c1-16-10-6-8(20-2)7-12(18)13(10)15(19)9-4-3-5-11(17)14(9)16/h3-7,17-18H,1-2H3. The summed E-state index contributed by atoms with van der Waals surface area (Å²) in [6, 6.07) is 7.81. The lowest BCUT2D eigenvalue weighted by Gasteiger charge is -2.13. The Balaban J connectivity index is 2.67. The number of hydrogen-bond donors (Lipinski definition) is 2. The number of fused-ring (bicyclic) bond motifs is 2. The first-order valence-electron chi connectivity index (χ1n) is 6.06. The van der Waals surface area contributed by atoms with Gasteiger partial charge in [0.15, 0.2) is 0 Å². The zero-order valence-corrected chi connectivity index (χ0v) is 11.0. The molecular formula is C15H13NO4. The van der Waals surface area contributed by atoms with Crippen LogP contribution in [0.15, 0.2) is 35.1 Å². The second-order valence-corrected chi connectivity index (χ2v) is 4.60. The Morgan fingerprint density at radius 2 is 1.90 bits per heavy atom. The van der Waals surface area contributed by atoms with E-state index in [4.69, 9.17) is 4.74 Å². The Bertz CT molecular complexity index is 896. The van der Waals surface area contributed by atoms with Crippen LogP contribution in [0, 0.1) is 0 Å². The van der Waals surface area contributed by atoms with Gasteiger partial charge in [-0.05, 0) is 12.1 Å². The number of pyridine rings is 1. The molecule has 0 saturated carbocycles. The van der Waals surface area contributed by atoms with Gasteiger partial charge in [-0.2, -0.15) is 0 Å². The summed E-state index contributed by atoms with van der Waals surface area (Å²) in [6.07, 6.45) is 0. The van der Waals surface area contributed by atoms with Gasteiger partial charge < -0.3 is 19.5 Å². The van der Waals surface area contributed by atoms with E-state index in [0.717, 1.165) is 0 Å². The third-order valence-electron chi connectivity index (χ3n) is 3.49. The van der Waals surface area contributed by atoms with Crippen LogP contribution in [0.25, 0.3) is 21.8 Å². The van der Waals surface area contributed by atoms with Crippen molar-refractivity contribution in [2.24, 2.45) is 7.05 Å². The molecule has 0 fully saturated rings. The minimum absolute atomic E-state index is 0.0197. The van der Waals surface area contributed by atoms with Gasteiger partial charge in [-0.15, -0.1) is 0 Å². The second-order valence-electron chi connectivity index (χ2n) is 4.60. The summed E-state index contributed by atoms with van der Waals surface area (Å²) < 4.78 is 6.77. The molecule has 1 aromatic heterocycles. The van der Waals surface area contributed by atoms with Gasteiger partial charge >= 0.3 is 0 Å². The number of phenolic OH excluding ortho intramolecular Hbond substituents is 2. The number of nitrogens with zero attached hydrogens (tertiary/aromatic N) is 1. The summed E-state index contributed by atoms with van der Waals surface area (Å²) in [5, 5.41) is 20.6. The third-order valence-corrected chi connectivity index (χ3v) is 3.49. The zero-order valence-electron chi connectivity index (χ0n) is 11.0. The number of benzene rings is 2. The number of phenols is 2. The molecule has 0 aliphatic heterocycles. The minimum Gasteiger partial charge on any atom is -0.507 e. The van der Waals surface area contributed by atoms with E-state index in [2.05, 4.69) is 0 Å². The Morgan fingerprint density at radius 3 is 2.60 bits per heavy atom. The van der Waals surface area contributed by atoms with Gasteiger partial charge in [0.1, 0.15) is 17.2 Å². The van der Waals surface area contributed by atoms with Crippen molar-refractivity contribution in [1.82, 2.24) is 4.57 Å². The van der Waals surface area contributed by atoms with Crippen molar-refractivity contribution < 1.29 is 14.9 Å². The molecule has 2 aromatic carbocycles. The summed E-state index contributed by atoms with van der Waals surface area (Å²) in [5.74, 6) is 0.330. The number of aryl methyl sites for hydroxylation is 1. The van der Waals surface area contributed by atoms with E-state index >= 15 is 0 Å². The smallest absolute Gasteiger partial charge is 0.201 e. The van der Waals surface area contributed by atoms with Crippen LogP contribution in [0.2, 0.25) is 0 Å². The normalized spacial score (nSPS) is 11.1. The first kappa shape index (κ1) is 12.3. The molecule has 20 heavy (non-hydrogen) atoms. The molecule has 1 heterocycles. The molecule has 0 atom stereocenters. The average molecular weight is 271 g/mol. The largest absolute Gasteiger partial charge is 0.507 e. The first-order chi connectivity index (χ1) is 9.54. The Hall–Kier alpha value is -2.69. The fourth-order valence-electron chi connectivity index (χ4n) is 2.52. The van der Waals surface area contributed by atoms with Gasteiger partial charge in [0.25, 0.3) is 0 Å². The van der Waals surface area contributed by atoms with Crippen LogP contribution in [0.4, 0.5) is 0 Å². The predicted octanol–water partition coefficient (Wildman–Crippen LogP) is 2.11. The molecule has 0 aliphatic carbocycles. The molecule has 0 radical (unpaired) electrons. The number of ether oxygens (including phenoxy) is 1. The van der Waals surface area contributed by atoms with E-state index in [1.54, 1.807) is 29.8 Å². The maximum Gasteiger partial charge on any atom is 0.201 e. The number of aromatic nitrogens is 1. The summed E-state index contributed by atoms with van der Waals surface area (Å²) in [6.45, 7) is 0. The van der Waals surface area contributed by atoms with Gasteiger partial charge in [-0.1, -0.05) is 6.07 Å². The molecule has 0 unspecified atom stereocenters. The third kappa shape index (κ3) is 1.53. The molecule has 2 N–H and O–H groups in total. The van der Waals surface area contributed by atoms with E-state index < -0.39 is 0 Å². The van der Waals surface area contributed by atoms with Crippen LogP contribution in [-0.2, 0) is 7.05 Å². The fraction of sp³-hybridized carbons (Fsp3) is 0.133. The maximum atomic E-state index is 12.5. The van der Waals surface area contributed by atoms with Crippen molar-refractivity contribution in [2.45, 2.75) is 0 Å². The number of aromatic hydroxyl groups is 2. The lowest BCUT2D eigenvalue weighted by Crippen LogP contribution is -2.09. The van der Waals surface area contributed by atoms with Crippen LogP contribution < -0.4 is 10.2 Å². The highest BCUT2D eigenvalue weighted by molar-refractivity contribution is 5.99. The number of hydrogen-bond acceptors (Lipinski definition) is 4. The van der Waals surface area contributed by atoms with Crippen LogP contribution in [-0.4, -0.2) is 21.9 Å². The molecule has 5 heteroatoms. The van der Waals surface area contributed by atoms with E-state index in [0.29, 0.717) is 22.2 Å². The Kier molecular flexibility index (Phi) is 2.57. The molecule has 0 aliphatic rings. The van der Waals surface area contributed by atoms with Crippen LogP contribution in [0.1, 0.15) is 0 Å². The van der Waals surface area contributed by atoms with Gasteiger partial charge in [-0.25, -0.2) is 0 Å². The van der Waals surface area contributed by atoms with Crippen molar-refractivity contribution in [2.75, 3.05) is 7.11 Å². The van der Waals surface area contributed by atoms with Crippen molar-refractivity contribution in [3.63, 3.8) is 0 Å². The topological polar surface area (TPSA) is 71.7 Å². The van der Waals surface area contributed by atoms with Crippen molar-refractivity contribution >= 4 is 21.8 Å². The molecular weight excluding hydrogens is 258 g/mol. The average Bonchev–Trinajstić information content (AvgIpc) is 2.43. The summed E-state index contributed by atoms with van der Waals surface area (Å²) in [4.78, 5) is 12.5. The zero-order chi connectivity index (χ0) is 14.4. The summed E-state index contributed by atoms with van der Waals surface area (Å²) in [7, 11) is 3.21. The van der Waals surface area contributed by atoms with Crippen LogP contribution in [0.5, 0.6) is 17.2 Å². The molecule has 0 saturated heterocycles. The van der Waals surface area contributed by atoms with Crippen LogP contribution in [0.3, 0.4) is 0 Å². The quantitative estimate of drug-likeness (QED) is 0.665. The maximum absolute atomic E-state index is 12.5. The van der Waals surface area contributed by atoms with E-state index in [9.17, 15) is 15.0 Å². The lowest BCUT2D eigenvalue weighted by molar-refractivity contribution is 0.409. The summed E-state index contributed by atoms with van der Waals surface area (Å²) in [5.41, 5.74) is 0.614. The van der Waals surface area contributed by atoms with E-state index in [1.807, 2.05) is 0 Å². The monoisotopic (exact) mass is 271 g/mol. The highest BCUT2D eigenvalue weighted by atomic mass is 16.5. The molecule has 102 valence electrons. The van der Waals surface area contributed by atoms with Gasteiger partial charge in [0.2, 0.25) is 5.43 Å². The molecule has 3 rings (SSSR count). The number of para-hydroxylation sites is 1. The minimum atomic E-state index is -0.316. The highest BCUT2D eigenvalue weighted by Crippen LogP contribution is 2.32. The van der Waals surface area contributed by atoms with Crippen molar-refractivity contribution in [1.29, 1.82) is 0 Å². The van der Waals surface area contributed by atoms with Crippen molar-refractivity contribution in [3.05, 3.63) is 40.6 Å². The molecule has 0 bridgehead atoms. The van der Waals surface area contributed by atoms with Gasteiger partial charge in [0, 0.05) is 19.2 Å². The summed E-state index contributed by atoms with van der Waals surface area (Å²) >= 11 is 0. The molecule has 0 spiro atoms. The first-order valence-corrected chi connectivity index (χ1v) is 6.06. The SMILES string of the molecule is COc1cc(O)c2c(=O)c3cccc(O)c3n(C)c2c1. The predicted molar refractivity (Wildman–Crippen MR) is 76.6 cm³/mol. The molecule has 3 aromatic rings. The molecule has 5 nitrogen and oxygen atoms in total. The Labute approximate surface area is 114 Å². The van der Waals surface area contributed by atoms with E-state index in [1.165, 1.54) is 19.2 Å². The van der Waals surface area contributed by atoms with Gasteiger partial charge in [0.05, 0.1) is 28.9 Å². The number of rotatable bonds is 1. The van der Waals surface area contributed by atoms with Crippen LogP contribution >= 0.6 is 0 Å². The fourth-order valence-corrected chi connectivity index (χ4v) is 2.52. The number of methoxy groups -OCH3 is 1. The van der Waals surface area contributed by atoms with Crippen molar-refractivity contribution in [3.8, 4) is 17.2 Å². The molecule has 0 amide bonds. The Morgan fingerprint density at radius 1 is 1.15 bits per heavy atom.